The predicted molar refractivity (Wildman–Crippen MR) is 129 cm³/mol. The summed E-state index contributed by atoms with van der Waals surface area (Å²) in [5.74, 6) is 0. The number of nitro groups is 1. The summed E-state index contributed by atoms with van der Waals surface area (Å²) in [6, 6.07) is 16.0. The van der Waals surface area contributed by atoms with Crippen molar-refractivity contribution in [1.29, 1.82) is 0 Å². The maximum absolute atomic E-state index is 13.7. The molecule has 0 spiro atoms. The van der Waals surface area contributed by atoms with Crippen molar-refractivity contribution in [1.82, 2.24) is 0 Å². The molecular formula is C24H19F3N2O4S2. The van der Waals surface area contributed by atoms with Crippen LogP contribution in [0.25, 0.3) is 10.1 Å². The first kappa shape index (κ1) is 24.7. The Balaban J connectivity index is 1.90. The van der Waals surface area contributed by atoms with Crippen LogP contribution in [0.15, 0.2) is 71.6 Å². The molecule has 0 fully saturated rings. The zero-order valence-electron chi connectivity index (χ0n) is 18.5. The third-order valence-electron chi connectivity index (χ3n) is 5.54. The van der Waals surface area contributed by atoms with Crippen molar-refractivity contribution in [3.8, 4) is 0 Å². The number of halogens is 3. The van der Waals surface area contributed by atoms with E-state index in [1.807, 2.05) is 24.3 Å². The first-order valence-electron chi connectivity index (χ1n) is 10.3. The van der Waals surface area contributed by atoms with Crippen molar-refractivity contribution >= 4 is 42.1 Å². The van der Waals surface area contributed by atoms with Gasteiger partial charge >= 0.3 is 6.18 Å². The number of fused-ring (bicyclic) bond motifs is 1. The summed E-state index contributed by atoms with van der Waals surface area (Å²) in [4.78, 5) is 10.0. The molecule has 0 saturated carbocycles. The van der Waals surface area contributed by atoms with E-state index in [4.69, 9.17) is 0 Å². The van der Waals surface area contributed by atoms with Gasteiger partial charge < -0.3 is 0 Å². The molecule has 6 nitrogen and oxygen atoms in total. The highest BCUT2D eigenvalue weighted by Crippen LogP contribution is 2.42. The SMILES string of the molecule is Cc1ccc(S(=O)(=O)N(Cc2ccc([N+](=O)[O-])c(C(F)(F)F)c2)c2sc3ccccc3c2C)cc1. The van der Waals surface area contributed by atoms with Gasteiger partial charge in [-0.05, 0) is 54.6 Å². The Kier molecular flexibility index (Phi) is 6.32. The van der Waals surface area contributed by atoms with E-state index in [1.54, 1.807) is 26.0 Å². The predicted octanol–water partition coefficient (Wildman–Crippen LogP) is 6.84. The van der Waals surface area contributed by atoms with E-state index < -0.39 is 38.9 Å². The maximum Gasteiger partial charge on any atom is 0.423 e. The normalized spacial score (nSPS) is 12.1. The van der Waals surface area contributed by atoms with Crippen LogP contribution in [0.3, 0.4) is 0 Å². The molecule has 4 aromatic rings. The Hall–Kier alpha value is -3.44. The van der Waals surface area contributed by atoms with Crippen molar-refractivity contribution in [3.05, 3.63) is 99.1 Å². The summed E-state index contributed by atoms with van der Waals surface area (Å²) in [5, 5.41) is 12.3. The number of sulfonamides is 1. The van der Waals surface area contributed by atoms with E-state index in [1.165, 1.54) is 23.5 Å². The van der Waals surface area contributed by atoms with Gasteiger partial charge in [-0.25, -0.2) is 8.42 Å². The van der Waals surface area contributed by atoms with Gasteiger partial charge in [-0.1, -0.05) is 42.0 Å². The van der Waals surface area contributed by atoms with Gasteiger partial charge in [-0.15, -0.1) is 11.3 Å². The molecule has 0 radical (unpaired) electrons. The van der Waals surface area contributed by atoms with Crippen LogP contribution in [0, 0.1) is 24.0 Å². The van der Waals surface area contributed by atoms with Crippen molar-refractivity contribution < 1.29 is 26.5 Å². The number of anilines is 1. The van der Waals surface area contributed by atoms with E-state index >= 15 is 0 Å². The Morgan fingerprint density at radius 3 is 2.26 bits per heavy atom. The molecule has 4 rings (SSSR count). The standard InChI is InChI=1S/C24H19F3N2O4S2/c1-15-7-10-18(11-8-15)35(32,33)28(23-16(2)19-5-3-4-6-22(19)34-23)14-17-9-12-21(29(30)31)20(13-17)24(25,26)27/h3-13H,14H2,1-2H3. The monoisotopic (exact) mass is 520 g/mol. The molecule has 182 valence electrons. The number of hydrogen-bond donors (Lipinski definition) is 0. The molecule has 0 bridgehead atoms. The maximum atomic E-state index is 13.7. The summed E-state index contributed by atoms with van der Waals surface area (Å²) >= 11 is 1.21. The lowest BCUT2D eigenvalue weighted by Crippen LogP contribution is -2.30. The van der Waals surface area contributed by atoms with Gasteiger partial charge in [0, 0.05) is 10.8 Å². The molecule has 0 aliphatic carbocycles. The molecule has 1 heterocycles. The minimum absolute atomic E-state index is 0.0158. The molecule has 1 aromatic heterocycles. The fourth-order valence-corrected chi connectivity index (χ4v) is 6.67. The number of rotatable bonds is 6. The average Bonchev–Trinajstić information content (AvgIpc) is 3.13. The number of thiophene rings is 1. The highest BCUT2D eigenvalue weighted by Gasteiger charge is 2.39. The first-order chi connectivity index (χ1) is 16.4. The fraction of sp³-hybridized carbons (Fsp3) is 0.167. The number of nitrogens with zero attached hydrogens (tertiary/aromatic N) is 2. The number of aryl methyl sites for hydroxylation is 2. The zero-order valence-corrected chi connectivity index (χ0v) is 20.2. The van der Waals surface area contributed by atoms with Crippen LogP contribution < -0.4 is 4.31 Å². The van der Waals surface area contributed by atoms with E-state index in [0.717, 1.165) is 32.1 Å². The number of alkyl halides is 3. The third kappa shape index (κ3) is 4.73. The summed E-state index contributed by atoms with van der Waals surface area (Å²) in [6.45, 7) is 3.12. The smallest absolute Gasteiger partial charge is 0.258 e. The molecule has 11 heteroatoms. The first-order valence-corrected chi connectivity index (χ1v) is 12.6. The molecule has 0 aliphatic rings. The molecule has 0 saturated heterocycles. The van der Waals surface area contributed by atoms with Gasteiger partial charge in [0.1, 0.15) is 10.6 Å². The van der Waals surface area contributed by atoms with Gasteiger partial charge in [-0.3, -0.25) is 14.4 Å². The van der Waals surface area contributed by atoms with Crippen LogP contribution in [-0.2, 0) is 22.7 Å². The van der Waals surface area contributed by atoms with Crippen molar-refractivity contribution in [2.24, 2.45) is 0 Å². The van der Waals surface area contributed by atoms with Gasteiger partial charge in [0.25, 0.3) is 15.7 Å². The van der Waals surface area contributed by atoms with Crippen molar-refractivity contribution in [3.63, 3.8) is 0 Å². The quantitative estimate of drug-likeness (QED) is 0.206. The van der Waals surface area contributed by atoms with E-state index in [-0.39, 0.29) is 10.5 Å². The largest absolute Gasteiger partial charge is 0.423 e. The molecule has 35 heavy (non-hydrogen) atoms. The zero-order chi connectivity index (χ0) is 25.5. The van der Waals surface area contributed by atoms with E-state index in [0.29, 0.717) is 16.6 Å². The van der Waals surface area contributed by atoms with E-state index in [9.17, 15) is 31.7 Å². The van der Waals surface area contributed by atoms with Crippen LogP contribution in [0.1, 0.15) is 22.3 Å². The molecule has 0 unspecified atom stereocenters. The Morgan fingerprint density at radius 2 is 1.66 bits per heavy atom. The Bertz CT molecular complexity index is 1530. The minimum atomic E-state index is -4.98. The van der Waals surface area contributed by atoms with Crippen LogP contribution in [-0.4, -0.2) is 13.3 Å². The second-order valence-corrected chi connectivity index (χ2v) is 10.9. The molecule has 0 aliphatic heterocycles. The molecular weight excluding hydrogens is 501 g/mol. The second-order valence-electron chi connectivity index (χ2n) is 7.96. The average molecular weight is 521 g/mol. The number of benzene rings is 3. The lowest BCUT2D eigenvalue weighted by Gasteiger charge is -2.24. The molecule has 0 N–H and O–H groups in total. The van der Waals surface area contributed by atoms with E-state index in [2.05, 4.69) is 0 Å². The van der Waals surface area contributed by atoms with Crippen molar-refractivity contribution in [2.75, 3.05) is 4.31 Å². The highest BCUT2D eigenvalue weighted by molar-refractivity contribution is 7.93. The molecule has 0 atom stereocenters. The second kappa shape index (κ2) is 8.97. The van der Waals surface area contributed by atoms with Crippen molar-refractivity contribution in [2.45, 2.75) is 31.5 Å². The van der Waals surface area contributed by atoms with Crippen LogP contribution in [0.2, 0.25) is 0 Å². The lowest BCUT2D eigenvalue weighted by molar-refractivity contribution is -0.388. The van der Waals surface area contributed by atoms with Gasteiger partial charge in [0.05, 0.1) is 16.4 Å². The van der Waals surface area contributed by atoms with Gasteiger partial charge in [-0.2, -0.15) is 13.2 Å². The number of nitro benzene ring substituents is 1. The molecule has 3 aromatic carbocycles. The number of hydrogen-bond acceptors (Lipinski definition) is 5. The summed E-state index contributed by atoms with van der Waals surface area (Å²) in [5.41, 5.74) is -1.04. The summed E-state index contributed by atoms with van der Waals surface area (Å²) in [7, 11) is -4.19. The van der Waals surface area contributed by atoms with Crippen LogP contribution >= 0.6 is 11.3 Å². The van der Waals surface area contributed by atoms with Gasteiger partial charge in [0.15, 0.2) is 0 Å². The fourth-order valence-electron chi connectivity index (χ4n) is 3.74. The minimum Gasteiger partial charge on any atom is -0.258 e. The molecule has 0 amide bonds. The van der Waals surface area contributed by atoms with Gasteiger partial charge in [0.2, 0.25) is 0 Å². The summed E-state index contributed by atoms with van der Waals surface area (Å²) in [6.07, 6.45) is -4.98. The highest BCUT2D eigenvalue weighted by atomic mass is 32.2. The van der Waals surface area contributed by atoms with Crippen LogP contribution in [0.4, 0.5) is 23.9 Å². The topological polar surface area (TPSA) is 80.5 Å². The summed E-state index contributed by atoms with van der Waals surface area (Å²) < 4.78 is 70.0. The lowest BCUT2D eigenvalue weighted by atomic mass is 10.1. The Labute approximate surface area is 203 Å². The Morgan fingerprint density at radius 1 is 1.00 bits per heavy atom. The third-order valence-corrected chi connectivity index (χ3v) is 8.71. The van der Waals surface area contributed by atoms with Crippen LogP contribution in [0.5, 0.6) is 0 Å².